The number of aliphatic hydroxyl groups is 1. The van der Waals surface area contributed by atoms with Crippen molar-refractivity contribution in [2.45, 2.75) is 39.0 Å². The molecule has 2 aromatic rings. The average molecular weight is 488 g/mol. The zero-order valence-corrected chi connectivity index (χ0v) is 20.3. The summed E-state index contributed by atoms with van der Waals surface area (Å²) in [5, 5.41) is 15.3. The summed E-state index contributed by atoms with van der Waals surface area (Å²) in [6.45, 7) is 3.96. The van der Waals surface area contributed by atoms with E-state index in [0.29, 0.717) is 28.7 Å². The van der Waals surface area contributed by atoms with Gasteiger partial charge in [-0.05, 0) is 74.4 Å². The molecular weight excluding hydrogens is 454 g/mol. The molecule has 1 atom stereocenters. The number of hydrogen-bond acceptors (Lipinski definition) is 7. The SMILES string of the molecule is Cc1cc2nc(c1)NC(=O)c1ccc(NS(=O)(=O)CCO)cc1N1CCCC(CCCCN2)C1. The number of nitrogens with one attached hydrogen (secondary N) is 3. The minimum Gasteiger partial charge on any atom is -0.395 e. The van der Waals surface area contributed by atoms with Crippen LogP contribution in [0, 0.1) is 12.8 Å². The summed E-state index contributed by atoms with van der Waals surface area (Å²) in [7, 11) is -3.68. The molecule has 0 saturated carbocycles. The van der Waals surface area contributed by atoms with Crippen LogP contribution < -0.4 is 20.3 Å². The number of anilines is 4. The fourth-order valence-corrected chi connectivity index (χ4v) is 5.53. The number of aliphatic hydroxyl groups excluding tert-OH is 1. The van der Waals surface area contributed by atoms with Gasteiger partial charge in [0.05, 0.1) is 29.3 Å². The molecule has 1 unspecified atom stereocenters. The van der Waals surface area contributed by atoms with Crippen LogP contribution in [0.3, 0.4) is 0 Å². The Morgan fingerprint density at radius 3 is 2.76 bits per heavy atom. The summed E-state index contributed by atoms with van der Waals surface area (Å²) in [5.74, 6) is 1.05. The average Bonchev–Trinajstić information content (AvgIpc) is 2.78. The molecule has 0 aliphatic carbocycles. The van der Waals surface area contributed by atoms with E-state index < -0.39 is 16.6 Å². The number of nitrogens with zero attached hydrogens (tertiary/aromatic N) is 2. The highest BCUT2D eigenvalue weighted by atomic mass is 32.2. The van der Waals surface area contributed by atoms with Gasteiger partial charge in [0, 0.05) is 19.6 Å². The standard InChI is InChI=1S/C24H33N5O4S/c1-17-13-22-25-9-3-2-5-18-6-4-10-29(16-18)21-15-19(28-34(32,33)12-11-30)7-8-20(21)24(31)27-23(14-17)26-22/h7-8,13-15,18,28,30H,2-6,9-12,16H2,1H3,(H2,25,26,27,31). The molecule has 4 bridgehead atoms. The number of carbonyl (C=O) groups excluding carboxylic acids is 1. The third-order valence-electron chi connectivity index (χ3n) is 6.29. The van der Waals surface area contributed by atoms with E-state index in [9.17, 15) is 13.2 Å². The summed E-state index contributed by atoms with van der Waals surface area (Å²) < 4.78 is 26.9. The summed E-state index contributed by atoms with van der Waals surface area (Å²) >= 11 is 0. The second kappa shape index (κ2) is 10.6. The van der Waals surface area contributed by atoms with Gasteiger partial charge in [-0.25, -0.2) is 13.4 Å². The topological polar surface area (TPSA) is 124 Å². The molecule has 3 heterocycles. The zero-order chi connectivity index (χ0) is 24.1. The molecule has 1 aromatic carbocycles. The van der Waals surface area contributed by atoms with E-state index in [1.54, 1.807) is 18.2 Å². The number of pyridine rings is 1. The van der Waals surface area contributed by atoms with E-state index in [4.69, 9.17) is 5.11 Å². The molecule has 0 spiro atoms. The number of aromatic nitrogens is 1. The Labute approximate surface area is 201 Å². The normalized spacial score (nSPS) is 19.2. The minimum atomic E-state index is -3.68. The Morgan fingerprint density at radius 1 is 1.15 bits per heavy atom. The zero-order valence-electron chi connectivity index (χ0n) is 19.5. The first-order chi connectivity index (χ1) is 16.3. The second-order valence-electron chi connectivity index (χ2n) is 9.12. The van der Waals surface area contributed by atoms with Crippen molar-refractivity contribution in [2.75, 3.05) is 52.2 Å². The fourth-order valence-electron chi connectivity index (χ4n) is 4.70. The van der Waals surface area contributed by atoms with Gasteiger partial charge in [-0.1, -0.05) is 6.42 Å². The molecule has 1 aromatic heterocycles. The van der Waals surface area contributed by atoms with Crippen molar-refractivity contribution in [3.63, 3.8) is 0 Å². The Morgan fingerprint density at radius 2 is 1.94 bits per heavy atom. The van der Waals surface area contributed by atoms with Crippen molar-refractivity contribution in [2.24, 2.45) is 5.92 Å². The van der Waals surface area contributed by atoms with Gasteiger partial charge >= 0.3 is 0 Å². The van der Waals surface area contributed by atoms with Crippen LogP contribution in [0.15, 0.2) is 30.3 Å². The van der Waals surface area contributed by atoms with E-state index in [0.717, 1.165) is 63.1 Å². The first kappa shape index (κ1) is 24.3. The third-order valence-corrected chi connectivity index (χ3v) is 7.56. The summed E-state index contributed by atoms with van der Waals surface area (Å²) in [4.78, 5) is 20.1. The van der Waals surface area contributed by atoms with Crippen LogP contribution in [-0.2, 0) is 10.0 Å². The number of aryl methyl sites for hydroxylation is 1. The molecule has 1 fully saturated rings. The lowest BCUT2D eigenvalue weighted by atomic mass is 9.92. The number of sulfonamides is 1. The third kappa shape index (κ3) is 6.18. The number of carbonyl (C=O) groups is 1. The Kier molecular flexibility index (Phi) is 7.57. The predicted octanol–water partition coefficient (Wildman–Crippen LogP) is 3.19. The maximum Gasteiger partial charge on any atom is 0.258 e. The molecule has 4 rings (SSSR count). The fraction of sp³-hybridized carbons (Fsp3) is 0.500. The molecule has 2 aliphatic rings. The van der Waals surface area contributed by atoms with Crippen molar-refractivity contribution >= 4 is 38.9 Å². The molecule has 4 N–H and O–H groups in total. The lowest BCUT2D eigenvalue weighted by Crippen LogP contribution is -2.36. The summed E-state index contributed by atoms with van der Waals surface area (Å²) in [5.41, 5.74) is 2.54. The second-order valence-corrected chi connectivity index (χ2v) is 11.0. The van der Waals surface area contributed by atoms with Crippen LogP contribution in [-0.4, -0.2) is 56.4 Å². The van der Waals surface area contributed by atoms with Crippen LogP contribution in [0.1, 0.15) is 48.0 Å². The lowest BCUT2D eigenvalue weighted by molar-refractivity contribution is 0.102. The summed E-state index contributed by atoms with van der Waals surface area (Å²) in [6.07, 6.45) is 5.42. The van der Waals surface area contributed by atoms with E-state index in [1.807, 2.05) is 19.1 Å². The molecule has 1 saturated heterocycles. The lowest BCUT2D eigenvalue weighted by Gasteiger charge is -2.35. The first-order valence-corrected chi connectivity index (χ1v) is 13.5. The quantitative estimate of drug-likeness (QED) is 0.522. The van der Waals surface area contributed by atoms with Crippen LogP contribution in [0.2, 0.25) is 0 Å². The maximum atomic E-state index is 13.4. The van der Waals surface area contributed by atoms with E-state index >= 15 is 0 Å². The van der Waals surface area contributed by atoms with Gasteiger partial charge in [0.1, 0.15) is 11.6 Å². The van der Waals surface area contributed by atoms with Crippen LogP contribution in [0.5, 0.6) is 0 Å². The number of hydrogen-bond donors (Lipinski definition) is 4. The van der Waals surface area contributed by atoms with Crippen molar-refractivity contribution in [3.8, 4) is 0 Å². The molecule has 0 radical (unpaired) electrons. The van der Waals surface area contributed by atoms with Crippen molar-refractivity contribution in [1.82, 2.24) is 4.98 Å². The van der Waals surface area contributed by atoms with Gasteiger partial charge in [-0.2, -0.15) is 0 Å². The number of rotatable bonds is 4. The number of benzene rings is 1. The monoisotopic (exact) mass is 487 g/mol. The molecule has 9 nitrogen and oxygen atoms in total. The summed E-state index contributed by atoms with van der Waals surface area (Å²) in [6, 6.07) is 8.75. The molecule has 34 heavy (non-hydrogen) atoms. The highest BCUT2D eigenvalue weighted by Crippen LogP contribution is 2.32. The highest BCUT2D eigenvalue weighted by molar-refractivity contribution is 7.92. The predicted molar refractivity (Wildman–Crippen MR) is 135 cm³/mol. The van der Waals surface area contributed by atoms with Crippen LogP contribution in [0.25, 0.3) is 0 Å². The van der Waals surface area contributed by atoms with Gasteiger partial charge < -0.3 is 20.6 Å². The largest absolute Gasteiger partial charge is 0.395 e. The van der Waals surface area contributed by atoms with Gasteiger partial charge in [-0.15, -0.1) is 0 Å². The van der Waals surface area contributed by atoms with E-state index in [2.05, 4.69) is 25.2 Å². The smallest absolute Gasteiger partial charge is 0.258 e. The Hall–Kier alpha value is -2.85. The first-order valence-electron chi connectivity index (χ1n) is 11.9. The van der Waals surface area contributed by atoms with E-state index in [1.165, 1.54) is 0 Å². The highest BCUT2D eigenvalue weighted by Gasteiger charge is 2.25. The van der Waals surface area contributed by atoms with E-state index in [-0.39, 0.29) is 11.7 Å². The van der Waals surface area contributed by atoms with Crippen LogP contribution >= 0.6 is 0 Å². The van der Waals surface area contributed by atoms with Gasteiger partial charge in [0.15, 0.2) is 0 Å². The van der Waals surface area contributed by atoms with Gasteiger partial charge in [0.25, 0.3) is 5.91 Å². The Balaban J connectivity index is 1.71. The van der Waals surface area contributed by atoms with Crippen LogP contribution in [0.4, 0.5) is 23.0 Å². The van der Waals surface area contributed by atoms with Crippen molar-refractivity contribution < 1.29 is 18.3 Å². The molecular formula is C24H33N5O4S. The number of piperidine rings is 1. The maximum absolute atomic E-state index is 13.4. The number of amides is 1. The molecule has 10 heteroatoms. The molecule has 2 aliphatic heterocycles. The van der Waals surface area contributed by atoms with Gasteiger partial charge in [0.2, 0.25) is 10.0 Å². The number of fused-ring (bicyclic) bond motifs is 6. The van der Waals surface area contributed by atoms with Gasteiger partial charge in [-0.3, -0.25) is 9.52 Å². The van der Waals surface area contributed by atoms with Crippen molar-refractivity contribution in [3.05, 3.63) is 41.5 Å². The minimum absolute atomic E-state index is 0.291. The van der Waals surface area contributed by atoms with Crippen molar-refractivity contribution in [1.29, 1.82) is 0 Å². The molecule has 184 valence electrons. The molecule has 1 amide bonds. The Bertz CT molecular complexity index is 1140.